The fourth-order valence-corrected chi connectivity index (χ4v) is 4.59. The summed E-state index contributed by atoms with van der Waals surface area (Å²) in [7, 11) is 3.46. The van der Waals surface area contributed by atoms with E-state index >= 15 is 0 Å². The monoisotopic (exact) mass is 507 g/mol. The molecule has 0 spiro atoms. The maximum absolute atomic E-state index is 14.2. The molecule has 0 fully saturated rings. The third kappa shape index (κ3) is 4.04. The Morgan fingerprint density at radius 2 is 2.05 bits per heavy atom. The van der Waals surface area contributed by atoms with E-state index in [-0.39, 0.29) is 23.5 Å². The molecule has 0 unspecified atom stereocenters. The van der Waals surface area contributed by atoms with Crippen LogP contribution in [0.5, 0.6) is 0 Å². The molecule has 187 valence electrons. The molecule has 12 heteroatoms. The minimum absolute atomic E-state index is 0.0808. The Kier molecular flexibility index (Phi) is 5.80. The van der Waals surface area contributed by atoms with E-state index in [4.69, 9.17) is 20.6 Å². The van der Waals surface area contributed by atoms with Gasteiger partial charge in [-0.1, -0.05) is 18.2 Å². The standard InChI is InChI=1S/C26H21BFN8O2/c1-14-6-7-20-33-18(21(26(37)35(20)10-14)15-4-3-5-16(28)8-15)11-36-25-22(24(29)31-13-32-25)23(34-36)17-9-30-19(27-17)12-38-2/h3-10,13H,11-12H2,1-2H3,(H2,29,31,32). The number of anilines is 1. The van der Waals surface area contributed by atoms with Gasteiger partial charge in [0, 0.05) is 25.1 Å². The van der Waals surface area contributed by atoms with Gasteiger partial charge in [0.1, 0.15) is 23.6 Å². The van der Waals surface area contributed by atoms with Crippen molar-refractivity contribution < 1.29 is 9.13 Å². The number of rotatable bonds is 6. The van der Waals surface area contributed by atoms with E-state index in [0.717, 1.165) is 16.6 Å². The molecule has 1 radical (unpaired) electrons. The topological polar surface area (TPSA) is 126 Å². The average Bonchev–Trinajstić information content (AvgIpc) is 3.50. The summed E-state index contributed by atoms with van der Waals surface area (Å²) in [5, 5.41) is 5.36. The number of hydrogen-bond acceptors (Lipinski definition) is 8. The molecule has 5 heterocycles. The van der Waals surface area contributed by atoms with Crippen LogP contribution >= 0.6 is 0 Å². The van der Waals surface area contributed by atoms with E-state index in [2.05, 4.69) is 15.0 Å². The molecule has 2 N–H and O–H groups in total. The van der Waals surface area contributed by atoms with E-state index in [0.29, 0.717) is 40.2 Å². The van der Waals surface area contributed by atoms with Gasteiger partial charge in [0.25, 0.3) is 5.56 Å². The van der Waals surface area contributed by atoms with Crippen LogP contribution in [-0.4, -0.2) is 55.7 Å². The van der Waals surface area contributed by atoms with Gasteiger partial charge in [-0.3, -0.25) is 14.2 Å². The molecule has 1 aliphatic heterocycles. The first-order valence-corrected chi connectivity index (χ1v) is 11.8. The number of ether oxygens (including phenoxy) is 1. The van der Waals surface area contributed by atoms with Gasteiger partial charge in [-0.05, 0) is 41.7 Å². The van der Waals surface area contributed by atoms with Crippen molar-refractivity contribution in [3.05, 3.63) is 88.2 Å². The van der Waals surface area contributed by atoms with Crippen molar-refractivity contribution in [3.63, 3.8) is 0 Å². The van der Waals surface area contributed by atoms with Crippen LogP contribution in [0.2, 0.25) is 0 Å². The highest BCUT2D eigenvalue weighted by atomic mass is 19.1. The van der Waals surface area contributed by atoms with Gasteiger partial charge in [-0.25, -0.2) is 24.0 Å². The predicted octanol–water partition coefficient (Wildman–Crippen LogP) is 2.64. The highest BCUT2D eigenvalue weighted by molar-refractivity contribution is 6.91. The lowest BCUT2D eigenvalue weighted by Gasteiger charge is -2.12. The number of nitrogens with zero attached hydrogens (tertiary/aromatic N) is 7. The molecule has 4 aromatic heterocycles. The summed E-state index contributed by atoms with van der Waals surface area (Å²) in [4.78, 5) is 31.5. The van der Waals surface area contributed by atoms with Gasteiger partial charge < -0.3 is 10.5 Å². The van der Waals surface area contributed by atoms with Crippen molar-refractivity contribution in [2.24, 2.45) is 4.99 Å². The first-order valence-electron chi connectivity index (χ1n) is 11.8. The summed E-state index contributed by atoms with van der Waals surface area (Å²) in [6.07, 6.45) is 4.76. The third-order valence-electron chi connectivity index (χ3n) is 6.27. The second-order valence-corrected chi connectivity index (χ2v) is 8.93. The number of aryl methyl sites for hydroxylation is 1. The third-order valence-corrected chi connectivity index (χ3v) is 6.27. The van der Waals surface area contributed by atoms with Crippen LogP contribution < -0.4 is 11.3 Å². The Hall–Kier alpha value is -4.71. The molecule has 38 heavy (non-hydrogen) atoms. The van der Waals surface area contributed by atoms with E-state index in [9.17, 15) is 9.18 Å². The van der Waals surface area contributed by atoms with Gasteiger partial charge in [-0.15, -0.1) is 0 Å². The first kappa shape index (κ1) is 23.7. The number of hydrogen-bond donors (Lipinski definition) is 1. The quantitative estimate of drug-likeness (QED) is 0.350. The molecule has 0 saturated heterocycles. The average molecular weight is 507 g/mol. The van der Waals surface area contributed by atoms with E-state index < -0.39 is 5.82 Å². The van der Waals surface area contributed by atoms with Crippen molar-refractivity contribution >= 4 is 40.9 Å². The Labute approximate surface area is 216 Å². The molecule has 5 aromatic rings. The normalized spacial score (nSPS) is 13.1. The zero-order valence-corrected chi connectivity index (χ0v) is 20.6. The number of halogens is 1. The maximum atomic E-state index is 14.2. The molecule has 0 amide bonds. The number of pyridine rings is 1. The zero-order valence-electron chi connectivity index (χ0n) is 20.6. The zero-order chi connectivity index (χ0) is 26.4. The Bertz CT molecular complexity index is 1860. The maximum Gasteiger partial charge on any atom is 0.266 e. The van der Waals surface area contributed by atoms with Crippen LogP contribution in [0.1, 0.15) is 17.0 Å². The second-order valence-electron chi connectivity index (χ2n) is 8.93. The lowest BCUT2D eigenvalue weighted by atomic mass is 9.65. The summed E-state index contributed by atoms with van der Waals surface area (Å²) in [6, 6.07) is 9.56. The van der Waals surface area contributed by atoms with Crippen molar-refractivity contribution in [3.8, 4) is 11.1 Å². The van der Waals surface area contributed by atoms with E-state index in [1.807, 2.05) is 20.3 Å². The van der Waals surface area contributed by atoms with Gasteiger partial charge >= 0.3 is 0 Å². The SMILES string of the molecule is COCC1=NC=C(c2nn(Cc3nc4ccc(C)cn4c(=O)c3-c3cccc(F)c3)c3ncnc(N)c23)[B]1. The molecule has 0 atom stereocenters. The molecule has 1 aromatic carbocycles. The number of methoxy groups -OCH3 is 1. The number of nitrogen functional groups attached to an aromatic ring is 1. The van der Waals surface area contributed by atoms with Gasteiger partial charge in [0.2, 0.25) is 7.28 Å². The number of aliphatic imine (C=N–C) groups is 1. The van der Waals surface area contributed by atoms with Crippen molar-refractivity contribution in [1.82, 2.24) is 29.1 Å². The minimum Gasteiger partial charge on any atom is -0.383 e. The van der Waals surface area contributed by atoms with Crippen LogP contribution in [0.3, 0.4) is 0 Å². The molecule has 6 rings (SSSR count). The Morgan fingerprint density at radius 1 is 1.18 bits per heavy atom. The highest BCUT2D eigenvalue weighted by Gasteiger charge is 2.24. The summed E-state index contributed by atoms with van der Waals surface area (Å²) in [5.74, 6) is -0.191. The number of fused-ring (bicyclic) bond motifs is 2. The summed E-state index contributed by atoms with van der Waals surface area (Å²) < 4.78 is 22.5. The predicted molar refractivity (Wildman–Crippen MR) is 143 cm³/mol. The largest absolute Gasteiger partial charge is 0.383 e. The van der Waals surface area contributed by atoms with Crippen molar-refractivity contribution in [2.45, 2.75) is 13.5 Å². The van der Waals surface area contributed by atoms with Crippen LogP contribution in [0.4, 0.5) is 10.2 Å². The highest BCUT2D eigenvalue weighted by Crippen LogP contribution is 2.30. The van der Waals surface area contributed by atoms with E-state index in [1.54, 1.807) is 42.4 Å². The van der Waals surface area contributed by atoms with Crippen LogP contribution in [-0.2, 0) is 11.3 Å². The summed E-state index contributed by atoms with van der Waals surface area (Å²) >= 11 is 0. The summed E-state index contributed by atoms with van der Waals surface area (Å²) in [5.41, 5.74) is 10.9. The van der Waals surface area contributed by atoms with Gasteiger partial charge in [0.15, 0.2) is 5.65 Å². The molecule has 0 bridgehead atoms. The Balaban J connectivity index is 1.53. The van der Waals surface area contributed by atoms with Gasteiger partial charge in [-0.2, -0.15) is 5.10 Å². The van der Waals surface area contributed by atoms with Crippen LogP contribution in [0.15, 0.2) is 64.9 Å². The molecule has 0 aliphatic carbocycles. The van der Waals surface area contributed by atoms with Gasteiger partial charge in [0.05, 0.1) is 35.5 Å². The number of aromatic nitrogens is 6. The lowest BCUT2D eigenvalue weighted by Crippen LogP contribution is -2.21. The van der Waals surface area contributed by atoms with Crippen LogP contribution in [0.25, 0.3) is 33.3 Å². The van der Waals surface area contributed by atoms with E-state index in [1.165, 1.54) is 22.9 Å². The molecule has 0 saturated carbocycles. The van der Waals surface area contributed by atoms with Crippen LogP contribution in [0, 0.1) is 12.7 Å². The Morgan fingerprint density at radius 3 is 2.87 bits per heavy atom. The molecular weight excluding hydrogens is 486 g/mol. The number of nitrogens with two attached hydrogens (primary N) is 1. The molecule has 10 nitrogen and oxygen atoms in total. The smallest absolute Gasteiger partial charge is 0.266 e. The first-order chi connectivity index (χ1) is 18.4. The minimum atomic E-state index is -0.454. The molecule has 1 aliphatic rings. The van der Waals surface area contributed by atoms with Crippen molar-refractivity contribution in [2.75, 3.05) is 19.5 Å². The fourth-order valence-electron chi connectivity index (χ4n) is 4.59. The van der Waals surface area contributed by atoms with Crippen molar-refractivity contribution in [1.29, 1.82) is 0 Å². The lowest BCUT2D eigenvalue weighted by molar-refractivity contribution is 0.247. The second kappa shape index (κ2) is 9.31. The summed E-state index contributed by atoms with van der Waals surface area (Å²) in [6.45, 7) is 2.32. The molecular formula is C26H21BFN8O2. The fraction of sp³-hybridized carbons (Fsp3) is 0.154. The number of benzene rings is 1.